The second-order valence-electron chi connectivity index (χ2n) is 5.02. The van der Waals surface area contributed by atoms with Gasteiger partial charge in [0.05, 0.1) is 6.04 Å². The Labute approximate surface area is 117 Å². The Hall–Kier alpha value is -2.24. The number of urea groups is 1. The normalized spacial score (nSPS) is 18.7. The first-order chi connectivity index (χ1) is 9.74. The van der Waals surface area contributed by atoms with E-state index in [1.165, 1.54) is 0 Å². The molecule has 0 bridgehead atoms. The van der Waals surface area contributed by atoms with Crippen LogP contribution in [0.25, 0.3) is 0 Å². The van der Waals surface area contributed by atoms with E-state index in [4.69, 9.17) is 4.74 Å². The van der Waals surface area contributed by atoms with Crippen molar-refractivity contribution in [3.05, 3.63) is 35.9 Å². The van der Waals surface area contributed by atoms with Gasteiger partial charge in [-0.15, -0.1) is 0 Å². The molecule has 2 aliphatic heterocycles. The monoisotopic (exact) mass is 275 g/mol. The number of nitrogens with zero attached hydrogens (tertiary/aromatic N) is 2. The van der Waals surface area contributed by atoms with Crippen LogP contribution in [0, 0.1) is 0 Å². The lowest BCUT2D eigenvalue weighted by Gasteiger charge is -2.42. The number of ether oxygens (including phenoxy) is 1. The van der Waals surface area contributed by atoms with Gasteiger partial charge < -0.3 is 19.9 Å². The summed E-state index contributed by atoms with van der Waals surface area (Å²) in [7, 11) is 0. The second-order valence-corrected chi connectivity index (χ2v) is 5.02. The van der Waals surface area contributed by atoms with Gasteiger partial charge >= 0.3 is 12.1 Å². The molecule has 6 heteroatoms. The highest BCUT2D eigenvalue weighted by Crippen LogP contribution is 2.18. The summed E-state index contributed by atoms with van der Waals surface area (Å²) in [5.74, 6) is 0. The Morgan fingerprint density at radius 1 is 1.30 bits per heavy atom. The molecule has 0 saturated carbocycles. The topological polar surface area (TPSA) is 61.9 Å². The van der Waals surface area contributed by atoms with Gasteiger partial charge in [-0.05, 0) is 5.56 Å². The SMILES string of the molecule is O=C(OCc1ccccc1)N1CC(N2CCNC2=O)C1. The van der Waals surface area contributed by atoms with Gasteiger partial charge in [0.1, 0.15) is 6.61 Å². The molecule has 106 valence electrons. The van der Waals surface area contributed by atoms with Crippen LogP contribution in [0.4, 0.5) is 9.59 Å². The molecule has 20 heavy (non-hydrogen) atoms. The second kappa shape index (κ2) is 5.40. The Kier molecular flexibility index (Phi) is 3.45. The fourth-order valence-electron chi connectivity index (χ4n) is 2.45. The standard InChI is InChI=1S/C14H17N3O3/c18-13-15-6-7-17(13)12-8-16(9-12)14(19)20-10-11-4-2-1-3-5-11/h1-5,12H,6-10H2,(H,15,18). The molecule has 0 atom stereocenters. The molecular formula is C14H17N3O3. The average Bonchev–Trinajstić information content (AvgIpc) is 2.82. The fourth-order valence-corrected chi connectivity index (χ4v) is 2.45. The van der Waals surface area contributed by atoms with Crippen molar-refractivity contribution in [3.63, 3.8) is 0 Å². The number of carbonyl (C=O) groups is 2. The van der Waals surface area contributed by atoms with Gasteiger partial charge in [-0.1, -0.05) is 30.3 Å². The summed E-state index contributed by atoms with van der Waals surface area (Å²) in [6.07, 6.45) is -0.315. The smallest absolute Gasteiger partial charge is 0.410 e. The summed E-state index contributed by atoms with van der Waals surface area (Å²) in [6.45, 7) is 2.80. The number of likely N-dealkylation sites (tertiary alicyclic amines) is 1. The van der Waals surface area contributed by atoms with Crippen LogP contribution >= 0.6 is 0 Å². The highest BCUT2D eigenvalue weighted by atomic mass is 16.6. The van der Waals surface area contributed by atoms with Crippen LogP contribution in [-0.2, 0) is 11.3 Å². The maximum atomic E-state index is 11.8. The Bertz CT molecular complexity index is 500. The van der Waals surface area contributed by atoms with Gasteiger partial charge in [0, 0.05) is 26.2 Å². The van der Waals surface area contributed by atoms with E-state index in [-0.39, 0.29) is 24.8 Å². The van der Waals surface area contributed by atoms with Crippen LogP contribution in [0.2, 0.25) is 0 Å². The third kappa shape index (κ3) is 2.54. The van der Waals surface area contributed by atoms with E-state index < -0.39 is 0 Å². The van der Waals surface area contributed by atoms with E-state index in [1.54, 1.807) is 9.80 Å². The zero-order valence-electron chi connectivity index (χ0n) is 11.1. The molecule has 2 heterocycles. The van der Waals surface area contributed by atoms with Crippen molar-refractivity contribution < 1.29 is 14.3 Å². The summed E-state index contributed by atoms with van der Waals surface area (Å²) in [4.78, 5) is 26.7. The molecule has 3 rings (SSSR count). The minimum Gasteiger partial charge on any atom is -0.445 e. The number of amides is 3. The van der Waals surface area contributed by atoms with Gasteiger partial charge in [0.2, 0.25) is 0 Å². The predicted molar refractivity (Wildman–Crippen MR) is 72.1 cm³/mol. The van der Waals surface area contributed by atoms with Crippen LogP contribution in [0.3, 0.4) is 0 Å². The molecule has 0 unspecified atom stereocenters. The van der Waals surface area contributed by atoms with Crippen molar-refractivity contribution >= 4 is 12.1 Å². The van der Waals surface area contributed by atoms with Crippen molar-refractivity contribution in [2.24, 2.45) is 0 Å². The molecule has 3 amide bonds. The quantitative estimate of drug-likeness (QED) is 0.896. The van der Waals surface area contributed by atoms with Crippen LogP contribution in [0.1, 0.15) is 5.56 Å². The predicted octanol–water partition coefficient (Wildman–Crippen LogP) is 1.03. The first-order valence-electron chi connectivity index (χ1n) is 6.74. The van der Waals surface area contributed by atoms with Gasteiger partial charge in [0.25, 0.3) is 0 Å². The van der Waals surface area contributed by atoms with E-state index >= 15 is 0 Å². The maximum Gasteiger partial charge on any atom is 0.410 e. The summed E-state index contributed by atoms with van der Waals surface area (Å²) in [6, 6.07) is 9.67. The van der Waals surface area contributed by atoms with Crippen molar-refractivity contribution in [2.45, 2.75) is 12.6 Å². The molecule has 1 aromatic rings. The molecule has 1 aromatic carbocycles. The molecule has 0 radical (unpaired) electrons. The van der Waals surface area contributed by atoms with E-state index in [0.717, 1.165) is 12.1 Å². The zero-order valence-corrected chi connectivity index (χ0v) is 11.1. The van der Waals surface area contributed by atoms with Crippen LogP contribution < -0.4 is 5.32 Å². The molecule has 2 aliphatic rings. The highest BCUT2D eigenvalue weighted by molar-refractivity contribution is 5.77. The minimum absolute atomic E-state index is 0.0349. The number of carbonyl (C=O) groups excluding carboxylic acids is 2. The van der Waals surface area contributed by atoms with Crippen LogP contribution in [0.15, 0.2) is 30.3 Å². The number of hydrogen-bond donors (Lipinski definition) is 1. The molecular weight excluding hydrogens is 258 g/mol. The molecule has 0 aliphatic carbocycles. The molecule has 6 nitrogen and oxygen atoms in total. The van der Waals surface area contributed by atoms with E-state index in [1.807, 2.05) is 30.3 Å². The summed E-state index contributed by atoms with van der Waals surface area (Å²) < 4.78 is 5.24. The van der Waals surface area contributed by atoms with Gasteiger partial charge in [-0.2, -0.15) is 0 Å². The van der Waals surface area contributed by atoms with Gasteiger partial charge in [-0.25, -0.2) is 9.59 Å². The summed E-state index contributed by atoms with van der Waals surface area (Å²) >= 11 is 0. The molecule has 0 aromatic heterocycles. The molecule has 2 saturated heterocycles. The molecule has 0 spiro atoms. The summed E-state index contributed by atoms with van der Waals surface area (Å²) in [5, 5.41) is 2.76. The third-order valence-corrected chi connectivity index (χ3v) is 3.66. The van der Waals surface area contributed by atoms with Gasteiger partial charge in [0.15, 0.2) is 0 Å². The number of benzene rings is 1. The number of rotatable bonds is 3. The Morgan fingerprint density at radius 2 is 2.05 bits per heavy atom. The van der Waals surface area contributed by atoms with E-state index in [9.17, 15) is 9.59 Å². The highest BCUT2D eigenvalue weighted by Gasteiger charge is 2.39. The molecule has 1 N–H and O–H groups in total. The fraction of sp³-hybridized carbons (Fsp3) is 0.429. The van der Waals surface area contributed by atoms with E-state index in [2.05, 4.69) is 5.32 Å². The van der Waals surface area contributed by atoms with Crippen molar-refractivity contribution in [1.29, 1.82) is 0 Å². The summed E-state index contributed by atoms with van der Waals surface area (Å²) in [5.41, 5.74) is 0.969. The van der Waals surface area contributed by atoms with Gasteiger partial charge in [-0.3, -0.25) is 0 Å². The van der Waals surface area contributed by atoms with Crippen LogP contribution in [-0.4, -0.2) is 54.1 Å². The molecule has 2 fully saturated rings. The largest absolute Gasteiger partial charge is 0.445 e. The number of hydrogen-bond acceptors (Lipinski definition) is 3. The lowest BCUT2D eigenvalue weighted by atomic mass is 10.1. The third-order valence-electron chi connectivity index (χ3n) is 3.66. The zero-order chi connectivity index (χ0) is 13.9. The Balaban J connectivity index is 1.43. The number of nitrogens with one attached hydrogen (secondary N) is 1. The average molecular weight is 275 g/mol. The lowest BCUT2D eigenvalue weighted by Crippen LogP contribution is -2.61. The first-order valence-corrected chi connectivity index (χ1v) is 6.74. The lowest BCUT2D eigenvalue weighted by molar-refractivity contribution is 0.0363. The van der Waals surface area contributed by atoms with E-state index in [0.29, 0.717) is 19.6 Å². The van der Waals surface area contributed by atoms with Crippen molar-refractivity contribution in [1.82, 2.24) is 15.1 Å². The minimum atomic E-state index is -0.315. The van der Waals surface area contributed by atoms with Crippen LogP contribution in [0.5, 0.6) is 0 Å². The first kappa shape index (κ1) is 12.8. The maximum absolute atomic E-state index is 11.8. The Morgan fingerprint density at radius 3 is 2.70 bits per heavy atom. The van der Waals surface area contributed by atoms with Crippen molar-refractivity contribution in [3.8, 4) is 0 Å². The van der Waals surface area contributed by atoms with Crippen molar-refractivity contribution in [2.75, 3.05) is 26.2 Å².